The number of benzene rings is 1. The van der Waals surface area contributed by atoms with Gasteiger partial charge in [-0.1, -0.05) is 35.9 Å². The van der Waals surface area contributed by atoms with Crippen molar-refractivity contribution in [2.45, 2.75) is 12.8 Å². The number of imide groups is 1. The van der Waals surface area contributed by atoms with Gasteiger partial charge in [0, 0.05) is 16.6 Å². The Morgan fingerprint density at radius 2 is 1.86 bits per heavy atom. The summed E-state index contributed by atoms with van der Waals surface area (Å²) in [6.45, 7) is 0. The van der Waals surface area contributed by atoms with Crippen molar-refractivity contribution in [3.8, 4) is 0 Å². The summed E-state index contributed by atoms with van der Waals surface area (Å²) in [6, 6.07) is 9.29. The molecule has 1 fully saturated rings. The standard InChI is InChI=1S/C17H13ClN2O2/c18-11-6-7-12-13(9-11)17(22)20(16(12)21)14-5-1-3-10-4-2-8-19-15(10)14/h1-6,8,12-13H,7,9H2/t12-,13-/m1/s1. The van der Waals surface area contributed by atoms with Crippen molar-refractivity contribution in [1.29, 1.82) is 0 Å². The number of halogens is 1. The van der Waals surface area contributed by atoms with Gasteiger partial charge in [0.1, 0.15) is 0 Å². The zero-order valence-corrected chi connectivity index (χ0v) is 12.5. The molecule has 2 atom stereocenters. The van der Waals surface area contributed by atoms with Crippen molar-refractivity contribution in [3.63, 3.8) is 0 Å². The number of para-hydroxylation sites is 1. The number of allylic oxidation sites excluding steroid dienone is 2. The van der Waals surface area contributed by atoms with Crippen LogP contribution in [0.4, 0.5) is 5.69 Å². The van der Waals surface area contributed by atoms with Crippen molar-refractivity contribution in [1.82, 2.24) is 4.98 Å². The van der Waals surface area contributed by atoms with E-state index in [0.29, 0.717) is 29.1 Å². The fraction of sp³-hybridized carbons (Fsp3) is 0.235. The normalized spacial score (nSPS) is 24.6. The summed E-state index contributed by atoms with van der Waals surface area (Å²) < 4.78 is 0. The minimum atomic E-state index is -0.344. The van der Waals surface area contributed by atoms with Gasteiger partial charge in [0.05, 0.1) is 23.0 Å². The van der Waals surface area contributed by atoms with E-state index in [2.05, 4.69) is 4.98 Å². The number of aromatic nitrogens is 1. The average molecular weight is 313 g/mol. The molecular formula is C17H13ClN2O2. The van der Waals surface area contributed by atoms with Crippen LogP contribution in [0.3, 0.4) is 0 Å². The van der Waals surface area contributed by atoms with Gasteiger partial charge in [0.15, 0.2) is 0 Å². The van der Waals surface area contributed by atoms with Crippen LogP contribution in [0, 0.1) is 11.8 Å². The Labute approximate surface area is 132 Å². The highest BCUT2D eigenvalue weighted by Crippen LogP contribution is 2.41. The molecule has 2 aliphatic rings. The molecule has 22 heavy (non-hydrogen) atoms. The molecule has 4 nitrogen and oxygen atoms in total. The Morgan fingerprint density at radius 3 is 2.73 bits per heavy atom. The molecule has 1 saturated heterocycles. The fourth-order valence-corrected chi connectivity index (χ4v) is 3.59. The summed E-state index contributed by atoms with van der Waals surface area (Å²) >= 11 is 6.05. The SMILES string of the molecule is O=C1[C@@H]2CC=C(Cl)C[C@H]2C(=O)N1c1cccc2cccnc12. The lowest BCUT2D eigenvalue weighted by Crippen LogP contribution is -2.31. The molecule has 0 saturated carbocycles. The van der Waals surface area contributed by atoms with E-state index in [1.165, 1.54) is 4.90 Å². The predicted molar refractivity (Wildman–Crippen MR) is 84.4 cm³/mol. The van der Waals surface area contributed by atoms with E-state index in [0.717, 1.165) is 5.39 Å². The molecule has 0 unspecified atom stereocenters. The van der Waals surface area contributed by atoms with Gasteiger partial charge in [-0.3, -0.25) is 14.6 Å². The fourth-order valence-electron chi connectivity index (χ4n) is 3.33. The number of carbonyl (C=O) groups excluding carboxylic acids is 2. The van der Waals surface area contributed by atoms with E-state index in [9.17, 15) is 9.59 Å². The Hall–Kier alpha value is -2.20. The van der Waals surface area contributed by atoms with Gasteiger partial charge in [-0.2, -0.15) is 0 Å². The summed E-state index contributed by atoms with van der Waals surface area (Å²) in [4.78, 5) is 31.1. The first-order valence-electron chi connectivity index (χ1n) is 7.23. The van der Waals surface area contributed by atoms with E-state index in [1.807, 2.05) is 30.3 Å². The van der Waals surface area contributed by atoms with Crippen molar-refractivity contribution < 1.29 is 9.59 Å². The lowest BCUT2D eigenvalue weighted by molar-refractivity contribution is -0.122. The van der Waals surface area contributed by atoms with Crippen LogP contribution in [0.2, 0.25) is 0 Å². The number of carbonyl (C=O) groups is 2. The van der Waals surface area contributed by atoms with Crippen molar-refractivity contribution in [3.05, 3.63) is 47.6 Å². The van der Waals surface area contributed by atoms with Gasteiger partial charge in [-0.15, -0.1) is 0 Å². The third kappa shape index (κ3) is 1.87. The van der Waals surface area contributed by atoms with Gasteiger partial charge < -0.3 is 0 Å². The molecule has 2 amide bonds. The molecular weight excluding hydrogens is 300 g/mol. The maximum absolute atomic E-state index is 12.7. The summed E-state index contributed by atoms with van der Waals surface area (Å²) in [5, 5.41) is 1.58. The molecule has 0 N–H and O–H groups in total. The first-order chi connectivity index (χ1) is 10.7. The lowest BCUT2D eigenvalue weighted by Gasteiger charge is -2.17. The third-order valence-corrected chi connectivity index (χ3v) is 4.73. The van der Waals surface area contributed by atoms with Crippen LogP contribution >= 0.6 is 11.6 Å². The molecule has 1 aromatic carbocycles. The number of pyridine rings is 1. The molecule has 1 aliphatic heterocycles. The van der Waals surface area contributed by atoms with Crippen LogP contribution in [-0.4, -0.2) is 16.8 Å². The largest absolute Gasteiger partial charge is 0.274 e. The van der Waals surface area contributed by atoms with Crippen molar-refractivity contribution >= 4 is 40.0 Å². The number of fused-ring (bicyclic) bond motifs is 2. The number of anilines is 1. The number of rotatable bonds is 1. The smallest absolute Gasteiger partial charge is 0.238 e. The molecule has 1 aromatic heterocycles. The van der Waals surface area contributed by atoms with Gasteiger partial charge in [0.2, 0.25) is 11.8 Å². The second-order valence-electron chi connectivity index (χ2n) is 5.67. The number of amides is 2. The summed E-state index contributed by atoms with van der Waals surface area (Å²) in [6.07, 6.45) is 4.50. The second-order valence-corrected chi connectivity index (χ2v) is 6.15. The molecule has 1 aliphatic carbocycles. The van der Waals surface area contributed by atoms with E-state index in [-0.39, 0.29) is 23.7 Å². The zero-order chi connectivity index (χ0) is 15.3. The van der Waals surface area contributed by atoms with E-state index >= 15 is 0 Å². The highest BCUT2D eigenvalue weighted by molar-refractivity contribution is 6.31. The quantitative estimate of drug-likeness (QED) is 0.759. The zero-order valence-electron chi connectivity index (χ0n) is 11.7. The maximum atomic E-state index is 12.7. The van der Waals surface area contributed by atoms with E-state index < -0.39 is 0 Å². The summed E-state index contributed by atoms with van der Waals surface area (Å²) in [5.74, 6) is -0.953. The Bertz CT molecular complexity index is 825. The van der Waals surface area contributed by atoms with Gasteiger partial charge in [-0.25, -0.2) is 4.90 Å². The Balaban J connectivity index is 1.83. The maximum Gasteiger partial charge on any atom is 0.238 e. The molecule has 2 aromatic rings. The van der Waals surface area contributed by atoms with Crippen LogP contribution in [-0.2, 0) is 9.59 Å². The van der Waals surface area contributed by atoms with Gasteiger partial charge >= 0.3 is 0 Å². The minimum Gasteiger partial charge on any atom is -0.274 e. The molecule has 4 rings (SSSR count). The highest BCUT2D eigenvalue weighted by atomic mass is 35.5. The molecule has 110 valence electrons. The van der Waals surface area contributed by atoms with Gasteiger partial charge in [0.25, 0.3) is 0 Å². The van der Waals surface area contributed by atoms with Crippen molar-refractivity contribution in [2.24, 2.45) is 11.8 Å². The Kier molecular flexibility index (Phi) is 3.01. The van der Waals surface area contributed by atoms with Crippen LogP contribution in [0.25, 0.3) is 10.9 Å². The molecule has 0 bridgehead atoms. The first-order valence-corrected chi connectivity index (χ1v) is 7.60. The van der Waals surface area contributed by atoms with Crippen LogP contribution < -0.4 is 4.90 Å². The second kappa shape index (κ2) is 4.92. The monoisotopic (exact) mass is 312 g/mol. The topological polar surface area (TPSA) is 50.3 Å². The predicted octanol–water partition coefficient (Wildman–Crippen LogP) is 3.26. The number of hydrogen-bond donors (Lipinski definition) is 0. The molecule has 0 spiro atoms. The van der Waals surface area contributed by atoms with Crippen LogP contribution in [0.15, 0.2) is 47.6 Å². The molecule has 0 radical (unpaired) electrons. The van der Waals surface area contributed by atoms with E-state index in [1.54, 1.807) is 12.3 Å². The van der Waals surface area contributed by atoms with Crippen LogP contribution in [0.5, 0.6) is 0 Å². The van der Waals surface area contributed by atoms with E-state index in [4.69, 9.17) is 11.6 Å². The third-order valence-electron chi connectivity index (χ3n) is 4.42. The molecule has 2 heterocycles. The highest BCUT2D eigenvalue weighted by Gasteiger charge is 2.49. The summed E-state index contributed by atoms with van der Waals surface area (Å²) in [7, 11) is 0. The number of nitrogens with zero attached hydrogens (tertiary/aromatic N) is 2. The summed E-state index contributed by atoms with van der Waals surface area (Å²) in [5.41, 5.74) is 1.24. The first kappa shape index (κ1) is 13.5. The lowest BCUT2D eigenvalue weighted by atomic mass is 9.85. The average Bonchev–Trinajstić information content (AvgIpc) is 2.78. The van der Waals surface area contributed by atoms with Gasteiger partial charge in [-0.05, 0) is 25.0 Å². The van der Waals surface area contributed by atoms with Crippen LogP contribution in [0.1, 0.15) is 12.8 Å². The minimum absolute atomic E-state index is 0.145. The Morgan fingerprint density at radius 1 is 1.09 bits per heavy atom. The number of hydrogen-bond acceptors (Lipinski definition) is 3. The molecule has 5 heteroatoms. The van der Waals surface area contributed by atoms with Crippen molar-refractivity contribution in [2.75, 3.05) is 4.90 Å².